The second-order valence-corrected chi connectivity index (χ2v) is 3.95. The van der Waals surface area contributed by atoms with Crippen LogP contribution in [-0.4, -0.2) is 17.9 Å². The second-order valence-electron chi connectivity index (χ2n) is 3.95. The molecule has 0 atom stereocenters. The van der Waals surface area contributed by atoms with E-state index in [1.165, 1.54) is 0 Å². The van der Waals surface area contributed by atoms with Crippen LogP contribution in [0.4, 0.5) is 0 Å². The second kappa shape index (κ2) is 4.39. The molecule has 0 amide bonds. The first-order valence-electron chi connectivity index (χ1n) is 5.34. The van der Waals surface area contributed by atoms with Crippen molar-refractivity contribution in [3.05, 3.63) is 30.0 Å². The van der Waals surface area contributed by atoms with Crippen molar-refractivity contribution in [1.29, 1.82) is 0 Å². The van der Waals surface area contributed by atoms with Crippen LogP contribution in [0.15, 0.2) is 24.3 Å². The number of carbonyl (C=O) groups is 1. The molecule has 0 saturated heterocycles. The van der Waals surface area contributed by atoms with Gasteiger partial charge in [0.1, 0.15) is 11.5 Å². The molecule has 2 rings (SSSR count). The molecule has 16 heavy (non-hydrogen) atoms. The third-order valence-electron chi connectivity index (χ3n) is 2.63. The predicted molar refractivity (Wildman–Crippen MR) is 63.9 cm³/mol. The Morgan fingerprint density at radius 2 is 2.19 bits per heavy atom. The van der Waals surface area contributed by atoms with Crippen LogP contribution in [0.1, 0.15) is 19.0 Å². The minimum atomic E-state index is 0.219. The minimum absolute atomic E-state index is 0.219. The first-order chi connectivity index (χ1) is 7.69. The summed E-state index contributed by atoms with van der Waals surface area (Å²) in [5.74, 6) is 1.06. The Morgan fingerprint density at radius 3 is 2.88 bits per heavy atom. The maximum atomic E-state index is 10.9. The predicted octanol–water partition coefficient (Wildman–Crippen LogP) is 2.70. The molecule has 0 radical (unpaired) electrons. The van der Waals surface area contributed by atoms with Crippen LogP contribution in [-0.2, 0) is 11.2 Å². The van der Waals surface area contributed by atoms with Crippen molar-refractivity contribution in [3.63, 3.8) is 0 Å². The Kier molecular flexibility index (Phi) is 2.95. The third kappa shape index (κ3) is 2.24. The Morgan fingerprint density at radius 1 is 1.38 bits per heavy atom. The molecule has 84 valence electrons. The number of nitrogens with one attached hydrogen (secondary N) is 1. The van der Waals surface area contributed by atoms with E-state index in [1.807, 2.05) is 18.2 Å². The highest BCUT2D eigenvalue weighted by Gasteiger charge is 2.03. The highest BCUT2D eigenvalue weighted by atomic mass is 16.5. The lowest BCUT2D eigenvalue weighted by atomic mass is 10.2. The Labute approximate surface area is 94.4 Å². The van der Waals surface area contributed by atoms with E-state index in [1.54, 1.807) is 14.0 Å². The van der Waals surface area contributed by atoms with Gasteiger partial charge in [-0.2, -0.15) is 0 Å². The van der Waals surface area contributed by atoms with Crippen molar-refractivity contribution < 1.29 is 9.53 Å². The van der Waals surface area contributed by atoms with E-state index in [2.05, 4.69) is 11.1 Å². The Balaban J connectivity index is 2.25. The highest BCUT2D eigenvalue weighted by molar-refractivity contribution is 5.82. The fourth-order valence-electron chi connectivity index (χ4n) is 1.74. The lowest BCUT2D eigenvalue weighted by Gasteiger charge is -1.97. The summed E-state index contributed by atoms with van der Waals surface area (Å²) >= 11 is 0. The van der Waals surface area contributed by atoms with E-state index < -0.39 is 0 Å². The fraction of sp³-hybridized carbons (Fsp3) is 0.308. The smallest absolute Gasteiger partial charge is 0.130 e. The lowest BCUT2D eigenvalue weighted by molar-refractivity contribution is -0.116. The number of ether oxygens (including phenoxy) is 1. The number of hydrogen-bond acceptors (Lipinski definition) is 2. The number of benzene rings is 1. The van der Waals surface area contributed by atoms with Crippen molar-refractivity contribution in [1.82, 2.24) is 4.98 Å². The molecule has 3 nitrogen and oxygen atoms in total. The number of aromatic amines is 1. The monoisotopic (exact) mass is 217 g/mol. The zero-order chi connectivity index (χ0) is 11.5. The van der Waals surface area contributed by atoms with Gasteiger partial charge in [-0.1, -0.05) is 0 Å². The summed E-state index contributed by atoms with van der Waals surface area (Å²) < 4.78 is 5.16. The van der Waals surface area contributed by atoms with Crippen LogP contribution >= 0.6 is 0 Å². The van der Waals surface area contributed by atoms with Crippen LogP contribution in [0, 0.1) is 0 Å². The van der Waals surface area contributed by atoms with Crippen LogP contribution < -0.4 is 4.74 Å². The van der Waals surface area contributed by atoms with Gasteiger partial charge in [-0.05, 0) is 36.9 Å². The molecule has 0 bridgehead atoms. The Bertz CT molecular complexity index is 514. The molecule has 1 N–H and O–H groups in total. The highest BCUT2D eigenvalue weighted by Crippen LogP contribution is 2.21. The summed E-state index contributed by atoms with van der Waals surface area (Å²) in [6.07, 6.45) is 1.36. The molecule has 3 heteroatoms. The van der Waals surface area contributed by atoms with Gasteiger partial charge in [-0.3, -0.25) is 0 Å². The summed E-state index contributed by atoms with van der Waals surface area (Å²) in [5, 5.41) is 1.15. The van der Waals surface area contributed by atoms with E-state index in [-0.39, 0.29) is 5.78 Å². The van der Waals surface area contributed by atoms with Gasteiger partial charge in [-0.15, -0.1) is 0 Å². The van der Waals surface area contributed by atoms with Crippen LogP contribution in [0.2, 0.25) is 0 Å². The number of methoxy groups -OCH3 is 1. The molecule has 0 saturated carbocycles. The fourth-order valence-corrected chi connectivity index (χ4v) is 1.74. The van der Waals surface area contributed by atoms with Crippen molar-refractivity contribution in [2.45, 2.75) is 19.8 Å². The molecule has 1 aromatic heterocycles. The molecule has 2 aromatic rings. The number of aryl methyl sites for hydroxylation is 1. The number of ketones is 1. The molecular formula is C13H15NO2. The van der Waals surface area contributed by atoms with Gasteiger partial charge in [0.15, 0.2) is 0 Å². The van der Waals surface area contributed by atoms with Crippen LogP contribution in [0.25, 0.3) is 10.9 Å². The van der Waals surface area contributed by atoms with E-state index in [0.29, 0.717) is 6.42 Å². The standard InChI is InChI=1S/C13H15NO2/c1-9(15)3-5-11-7-10-4-6-12(16-2)8-13(10)14-11/h4,6-8,14H,3,5H2,1-2H3. The molecule has 1 aromatic carbocycles. The van der Waals surface area contributed by atoms with Crippen molar-refractivity contribution in [3.8, 4) is 5.75 Å². The molecule has 0 aliphatic carbocycles. The van der Waals surface area contributed by atoms with Gasteiger partial charge in [0.2, 0.25) is 0 Å². The van der Waals surface area contributed by atoms with Crippen LogP contribution in [0.5, 0.6) is 5.75 Å². The van der Waals surface area contributed by atoms with Gasteiger partial charge in [-0.25, -0.2) is 0 Å². The largest absolute Gasteiger partial charge is 0.497 e. The van der Waals surface area contributed by atoms with Gasteiger partial charge >= 0.3 is 0 Å². The molecule has 0 aliphatic rings. The average molecular weight is 217 g/mol. The van der Waals surface area contributed by atoms with E-state index >= 15 is 0 Å². The van der Waals surface area contributed by atoms with Gasteiger partial charge in [0, 0.05) is 23.7 Å². The first-order valence-corrected chi connectivity index (χ1v) is 5.34. The van der Waals surface area contributed by atoms with Gasteiger partial charge in [0.25, 0.3) is 0 Å². The van der Waals surface area contributed by atoms with E-state index in [9.17, 15) is 4.79 Å². The SMILES string of the molecule is COc1ccc2cc(CCC(C)=O)[nH]c2c1. The average Bonchev–Trinajstić information content (AvgIpc) is 2.67. The molecular weight excluding hydrogens is 202 g/mol. The van der Waals surface area contributed by atoms with Gasteiger partial charge in [0.05, 0.1) is 7.11 Å². The molecule has 0 fully saturated rings. The number of Topliss-reactive ketones (excluding diaryl/α,β-unsaturated/α-hetero) is 1. The number of fused-ring (bicyclic) bond motifs is 1. The van der Waals surface area contributed by atoms with Gasteiger partial charge < -0.3 is 14.5 Å². The summed E-state index contributed by atoms with van der Waals surface area (Å²) in [6, 6.07) is 8.00. The van der Waals surface area contributed by atoms with Crippen molar-refractivity contribution in [2.75, 3.05) is 7.11 Å². The topological polar surface area (TPSA) is 42.1 Å². The summed E-state index contributed by atoms with van der Waals surface area (Å²) in [6.45, 7) is 1.62. The van der Waals surface area contributed by atoms with Crippen molar-refractivity contribution in [2.24, 2.45) is 0 Å². The first kappa shape index (κ1) is 10.7. The number of hydrogen-bond donors (Lipinski definition) is 1. The van der Waals surface area contributed by atoms with Crippen LogP contribution in [0.3, 0.4) is 0 Å². The zero-order valence-corrected chi connectivity index (χ0v) is 9.54. The molecule has 0 aliphatic heterocycles. The number of aromatic nitrogens is 1. The number of rotatable bonds is 4. The minimum Gasteiger partial charge on any atom is -0.497 e. The zero-order valence-electron chi connectivity index (χ0n) is 9.54. The van der Waals surface area contributed by atoms with E-state index in [4.69, 9.17) is 4.74 Å². The molecule has 0 unspecified atom stereocenters. The van der Waals surface area contributed by atoms with Crippen molar-refractivity contribution >= 4 is 16.7 Å². The third-order valence-corrected chi connectivity index (χ3v) is 2.63. The number of carbonyl (C=O) groups excluding carboxylic acids is 1. The normalized spacial score (nSPS) is 10.6. The lowest BCUT2D eigenvalue weighted by Crippen LogP contribution is -1.93. The number of H-pyrrole nitrogens is 1. The van der Waals surface area contributed by atoms with E-state index in [0.717, 1.165) is 28.8 Å². The maximum Gasteiger partial charge on any atom is 0.130 e. The molecule has 1 heterocycles. The quantitative estimate of drug-likeness (QED) is 0.855. The summed E-state index contributed by atoms with van der Waals surface area (Å²) in [5.41, 5.74) is 2.15. The molecule has 0 spiro atoms. The summed E-state index contributed by atoms with van der Waals surface area (Å²) in [7, 11) is 1.65. The Hall–Kier alpha value is -1.77. The maximum absolute atomic E-state index is 10.9. The summed E-state index contributed by atoms with van der Waals surface area (Å²) in [4.78, 5) is 14.2.